The number of hydrogen-bond donors (Lipinski definition) is 3. The largest absolute Gasteiger partial charge is 0.480 e. The zero-order valence-corrected chi connectivity index (χ0v) is 15.0. The third-order valence-electron chi connectivity index (χ3n) is 4.85. The summed E-state index contributed by atoms with van der Waals surface area (Å²) >= 11 is 0. The molecule has 1 aromatic carbocycles. The number of carboxylic acid groups (broad SMARTS) is 1. The molecule has 3 N–H and O–H groups in total. The maximum absolute atomic E-state index is 14.3. The Labute approximate surface area is 162 Å². The van der Waals surface area contributed by atoms with Crippen molar-refractivity contribution < 1.29 is 23.5 Å². The number of H-pyrrole nitrogens is 1. The van der Waals surface area contributed by atoms with E-state index in [0.29, 0.717) is 24.1 Å². The van der Waals surface area contributed by atoms with Crippen LogP contribution in [0.4, 0.5) is 8.78 Å². The number of rotatable bonds is 6. The molecule has 3 aromatic rings. The second-order valence-electron chi connectivity index (χ2n) is 6.87. The quantitative estimate of drug-likeness (QED) is 0.583. The van der Waals surface area contributed by atoms with Crippen LogP contribution in [0.15, 0.2) is 41.5 Å². The molecule has 1 aliphatic rings. The van der Waals surface area contributed by atoms with Crippen LogP contribution in [0.25, 0.3) is 16.9 Å². The van der Waals surface area contributed by atoms with Crippen LogP contribution >= 0.6 is 0 Å². The number of aliphatic carboxylic acids is 1. The summed E-state index contributed by atoms with van der Waals surface area (Å²) in [6.07, 6.45) is 2.27. The fourth-order valence-electron chi connectivity index (χ4n) is 3.21. The van der Waals surface area contributed by atoms with Gasteiger partial charge in [0.2, 0.25) is 0 Å². The number of fused-ring (bicyclic) bond motifs is 1. The lowest BCUT2D eigenvalue weighted by atomic mass is 10.0. The van der Waals surface area contributed by atoms with E-state index in [9.17, 15) is 23.2 Å². The van der Waals surface area contributed by atoms with E-state index in [-0.39, 0.29) is 16.8 Å². The maximum atomic E-state index is 14.3. The van der Waals surface area contributed by atoms with Gasteiger partial charge >= 0.3 is 5.97 Å². The number of nitrogens with one attached hydrogen (secondary N) is 2. The van der Waals surface area contributed by atoms with Crippen LogP contribution in [-0.4, -0.2) is 38.1 Å². The van der Waals surface area contributed by atoms with Crippen LogP contribution < -0.4 is 10.7 Å². The lowest BCUT2D eigenvalue weighted by Crippen LogP contribution is -2.33. The number of alkyl halides is 2. The molecule has 2 heterocycles. The first-order valence-corrected chi connectivity index (χ1v) is 8.87. The van der Waals surface area contributed by atoms with E-state index in [1.807, 2.05) is 0 Å². The number of nitrogens with zero attached hydrogens (tertiary/aromatic N) is 2. The van der Waals surface area contributed by atoms with Crippen molar-refractivity contribution in [3.63, 3.8) is 0 Å². The minimum atomic E-state index is -2.88. The number of carbonyl (C=O) groups is 2. The van der Waals surface area contributed by atoms with Crippen LogP contribution in [0.1, 0.15) is 28.8 Å². The third kappa shape index (κ3) is 3.37. The number of benzene rings is 1. The lowest BCUT2D eigenvalue weighted by Gasteiger charge is -2.16. The number of pyridine rings is 1. The first-order chi connectivity index (χ1) is 13.8. The zero-order chi connectivity index (χ0) is 20.8. The summed E-state index contributed by atoms with van der Waals surface area (Å²) in [5.74, 6) is -5.63. The van der Waals surface area contributed by atoms with Gasteiger partial charge in [0.15, 0.2) is 11.1 Å². The number of carbonyl (C=O) groups excluding carboxylic acids is 1. The second kappa shape index (κ2) is 6.80. The highest BCUT2D eigenvalue weighted by Crippen LogP contribution is 2.49. The third-order valence-corrected chi connectivity index (χ3v) is 4.85. The molecule has 1 aliphatic carbocycles. The van der Waals surface area contributed by atoms with Crippen molar-refractivity contribution >= 4 is 17.5 Å². The van der Waals surface area contributed by atoms with E-state index in [2.05, 4.69) is 15.4 Å². The van der Waals surface area contributed by atoms with E-state index >= 15 is 0 Å². The van der Waals surface area contributed by atoms with Crippen LogP contribution in [0, 0.1) is 5.92 Å². The first kappa shape index (κ1) is 18.8. The number of amides is 1. The van der Waals surface area contributed by atoms with Gasteiger partial charge < -0.3 is 10.4 Å². The molecule has 0 radical (unpaired) electrons. The Bertz CT molecular complexity index is 1160. The van der Waals surface area contributed by atoms with Crippen molar-refractivity contribution in [3.8, 4) is 11.3 Å². The van der Waals surface area contributed by atoms with Gasteiger partial charge in [0.1, 0.15) is 18.4 Å². The van der Waals surface area contributed by atoms with Gasteiger partial charge in [-0.1, -0.05) is 24.3 Å². The summed E-state index contributed by atoms with van der Waals surface area (Å²) in [6.45, 7) is -0.646. The normalized spacial score (nSPS) is 14.1. The number of aromatic amines is 1. The first-order valence-electron chi connectivity index (χ1n) is 8.87. The molecule has 8 nitrogen and oxygen atoms in total. The van der Waals surface area contributed by atoms with Crippen molar-refractivity contribution in [2.75, 3.05) is 6.54 Å². The molecule has 150 valence electrons. The molecule has 10 heteroatoms. The molecule has 0 spiro atoms. The van der Waals surface area contributed by atoms with Crippen molar-refractivity contribution in [2.45, 2.75) is 18.8 Å². The van der Waals surface area contributed by atoms with Crippen LogP contribution in [-0.2, 0) is 10.7 Å². The van der Waals surface area contributed by atoms with E-state index in [4.69, 9.17) is 5.11 Å². The van der Waals surface area contributed by atoms with Gasteiger partial charge in [0, 0.05) is 23.1 Å². The Morgan fingerprint density at radius 3 is 2.59 bits per heavy atom. The Morgan fingerprint density at radius 1 is 1.28 bits per heavy atom. The minimum Gasteiger partial charge on any atom is -0.480 e. The smallest absolute Gasteiger partial charge is 0.322 e. The van der Waals surface area contributed by atoms with Crippen molar-refractivity contribution in [2.24, 2.45) is 5.92 Å². The molecule has 1 amide bonds. The summed E-state index contributed by atoms with van der Waals surface area (Å²) < 4.78 is 29.9. The fourth-order valence-corrected chi connectivity index (χ4v) is 3.21. The predicted molar refractivity (Wildman–Crippen MR) is 97.8 cm³/mol. The average molecular weight is 402 g/mol. The van der Waals surface area contributed by atoms with Crippen LogP contribution in [0.5, 0.6) is 0 Å². The molecule has 0 aliphatic heterocycles. The molecular weight excluding hydrogens is 386 g/mol. The Hall–Kier alpha value is -3.56. The molecule has 29 heavy (non-hydrogen) atoms. The SMILES string of the molecule is O=C(O)CNC(=O)c1c(=O)cc(-c2ccc(C(F)(F)C3CC3)cc2)n2[nH]cnc12. The minimum absolute atomic E-state index is 0.00257. The number of hydrogen-bond acceptors (Lipinski definition) is 4. The predicted octanol–water partition coefficient (Wildman–Crippen LogP) is 2.01. The topological polar surface area (TPSA) is 117 Å². The number of halogens is 2. The van der Waals surface area contributed by atoms with Gasteiger partial charge in [-0.15, -0.1) is 0 Å². The van der Waals surface area contributed by atoms with E-state index in [1.165, 1.54) is 41.2 Å². The van der Waals surface area contributed by atoms with Gasteiger partial charge in [-0.2, -0.15) is 0 Å². The molecule has 0 saturated heterocycles. The van der Waals surface area contributed by atoms with Gasteiger partial charge in [-0.05, 0) is 12.8 Å². The Kier molecular flexibility index (Phi) is 4.40. The zero-order valence-electron chi connectivity index (χ0n) is 15.0. The Balaban J connectivity index is 1.73. The molecule has 1 saturated carbocycles. The second-order valence-corrected chi connectivity index (χ2v) is 6.87. The molecule has 2 aromatic heterocycles. The van der Waals surface area contributed by atoms with Crippen LogP contribution in [0.3, 0.4) is 0 Å². The highest BCUT2D eigenvalue weighted by atomic mass is 19.3. The highest BCUT2D eigenvalue weighted by molar-refractivity contribution is 6.01. The monoisotopic (exact) mass is 402 g/mol. The van der Waals surface area contributed by atoms with E-state index in [0.717, 1.165) is 0 Å². The van der Waals surface area contributed by atoms with Crippen molar-refractivity contribution in [3.05, 3.63) is 58.0 Å². The van der Waals surface area contributed by atoms with Crippen LogP contribution in [0.2, 0.25) is 0 Å². The average Bonchev–Trinajstić information content (AvgIpc) is 3.45. The standard InChI is InChI=1S/C19H16F2N4O4/c20-19(21,12-5-6-12)11-3-1-10(2-4-11)13-7-14(26)16(17-23-9-24-25(13)17)18(29)22-8-15(27)28/h1-4,7,9,12H,5-6,8H2,(H,22,29)(H,23,24)(H,27,28). The van der Waals surface area contributed by atoms with E-state index in [1.54, 1.807) is 0 Å². The maximum Gasteiger partial charge on any atom is 0.322 e. The van der Waals surface area contributed by atoms with Gasteiger partial charge in [0.05, 0.1) is 5.69 Å². The van der Waals surface area contributed by atoms with Gasteiger partial charge in [0.25, 0.3) is 11.8 Å². The molecule has 0 atom stereocenters. The number of aromatic nitrogens is 3. The van der Waals surface area contributed by atoms with Crippen molar-refractivity contribution in [1.82, 2.24) is 19.9 Å². The molecule has 4 rings (SSSR count). The summed E-state index contributed by atoms with van der Waals surface area (Å²) in [4.78, 5) is 39.4. The molecular formula is C19H16F2N4O4. The summed E-state index contributed by atoms with van der Waals surface area (Å²) in [6, 6.07) is 6.80. The molecule has 0 unspecified atom stereocenters. The van der Waals surface area contributed by atoms with Crippen molar-refractivity contribution in [1.29, 1.82) is 0 Å². The van der Waals surface area contributed by atoms with Gasteiger partial charge in [-0.3, -0.25) is 19.5 Å². The molecule has 0 bridgehead atoms. The summed E-state index contributed by atoms with van der Waals surface area (Å²) in [5.41, 5.74) is -0.243. The van der Waals surface area contributed by atoms with E-state index < -0.39 is 35.7 Å². The Morgan fingerprint density at radius 2 is 1.97 bits per heavy atom. The number of carboxylic acids is 1. The summed E-state index contributed by atoms with van der Waals surface area (Å²) in [5, 5.41) is 13.6. The molecule has 1 fully saturated rings. The lowest BCUT2D eigenvalue weighted by molar-refractivity contribution is -0.135. The fraction of sp³-hybridized carbons (Fsp3) is 0.263. The highest BCUT2D eigenvalue weighted by Gasteiger charge is 2.47. The summed E-state index contributed by atoms with van der Waals surface area (Å²) in [7, 11) is 0. The van der Waals surface area contributed by atoms with Gasteiger partial charge in [-0.25, -0.2) is 18.3 Å².